The lowest BCUT2D eigenvalue weighted by atomic mass is 10.2. The number of carboxylic acids is 1. The fourth-order valence-corrected chi connectivity index (χ4v) is 2.03. The summed E-state index contributed by atoms with van der Waals surface area (Å²) in [6, 6.07) is 5.21. The van der Waals surface area contributed by atoms with Crippen LogP contribution in [0.3, 0.4) is 0 Å². The summed E-state index contributed by atoms with van der Waals surface area (Å²) >= 11 is 0. The second-order valence-corrected chi connectivity index (χ2v) is 5.11. The Kier molecular flexibility index (Phi) is 7.63. The van der Waals surface area contributed by atoms with Crippen LogP contribution in [0.2, 0.25) is 0 Å². The number of hydrogen-bond donors (Lipinski definition) is 2. The summed E-state index contributed by atoms with van der Waals surface area (Å²) in [5.74, 6) is -1.06. The van der Waals surface area contributed by atoms with Crippen LogP contribution in [0.4, 0.5) is 5.69 Å². The molecule has 1 rings (SSSR count). The van der Waals surface area contributed by atoms with E-state index in [-0.39, 0.29) is 30.5 Å². The van der Waals surface area contributed by atoms with Gasteiger partial charge in [-0.1, -0.05) is 12.1 Å². The molecule has 24 heavy (non-hydrogen) atoms. The van der Waals surface area contributed by atoms with Crippen molar-refractivity contribution in [3.05, 3.63) is 34.4 Å². The lowest BCUT2D eigenvalue weighted by Gasteiger charge is -2.26. The Labute approximate surface area is 139 Å². The summed E-state index contributed by atoms with van der Waals surface area (Å²) < 4.78 is 5.42. The SMILES string of the molecule is CC(=O)NCCN(CCOc1ccccc1[N+](=O)[O-])C(C)C(=O)O. The first-order valence-corrected chi connectivity index (χ1v) is 7.40. The number of carbonyl (C=O) groups is 2. The quantitative estimate of drug-likeness (QED) is 0.479. The summed E-state index contributed by atoms with van der Waals surface area (Å²) in [6.45, 7) is 3.87. The molecule has 0 fully saturated rings. The number of carboxylic acid groups (broad SMARTS) is 1. The minimum Gasteiger partial charge on any atom is -0.485 e. The largest absolute Gasteiger partial charge is 0.485 e. The molecule has 2 N–H and O–H groups in total. The lowest BCUT2D eigenvalue weighted by molar-refractivity contribution is -0.385. The lowest BCUT2D eigenvalue weighted by Crippen LogP contribution is -2.45. The minimum atomic E-state index is -0.997. The molecule has 0 spiro atoms. The Morgan fingerprint density at radius 1 is 1.38 bits per heavy atom. The number of para-hydroxylation sites is 2. The van der Waals surface area contributed by atoms with Crippen LogP contribution in [0.25, 0.3) is 0 Å². The fraction of sp³-hybridized carbons (Fsp3) is 0.467. The van der Waals surface area contributed by atoms with Crippen LogP contribution in [0, 0.1) is 10.1 Å². The van der Waals surface area contributed by atoms with Crippen molar-refractivity contribution in [3.8, 4) is 5.75 Å². The molecule has 9 heteroatoms. The third kappa shape index (κ3) is 6.21. The maximum atomic E-state index is 11.2. The molecule has 0 saturated carbocycles. The summed E-state index contributed by atoms with van der Waals surface area (Å²) in [6.07, 6.45) is 0. The highest BCUT2D eigenvalue weighted by Crippen LogP contribution is 2.25. The van der Waals surface area contributed by atoms with E-state index >= 15 is 0 Å². The van der Waals surface area contributed by atoms with E-state index in [4.69, 9.17) is 9.84 Å². The highest BCUT2D eigenvalue weighted by molar-refractivity contribution is 5.73. The zero-order chi connectivity index (χ0) is 18.1. The summed E-state index contributed by atoms with van der Waals surface area (Å²) in [4.78, 5) is 34.0. The van der Waals surface area contributed by atoms with Crippen molar-refractivity contribution in [1.82, 2.24) is 10.2 Å². The fourth-order valence-electron chi connectivity index (χ4n) is 2.03. The summed E-state index contributed by atoms with van der Waals surface area (Å²) in [7, 11) is 0. The van der Waals surface area contributed by atoms with E-state index in [1.807, 2.05) is 0 Å². The molecule has 0 radical (unpaired) electrons. The summed E-state index contributed by atoms with van der Waals surface area (Å²) in [5, 5.41) is 22.7. The number of ether oxygens (including phenoxy) is 1. The van der Waals surface area contributed by atoms with Crippen LogP contribution in [-0.2, 0) is 9.59 Å². The third-order valence-corrected chi connectivity index (χ3v) is 3.38. The molecule has 0 aromatic heterocycles. The molecule has 1 aromatic rings. The molecule has 0 saturated heterocycles. The third-order valence-electron chi connectivity index (χ3n) is 3.38. The maximum absolute atomic E-state index is 11.2. The standard InChI is InChI=1S/C15H21N3O6/c1-11(15(20)21)17(8-7-16-12(2)19)9-10-24-14-6-4-3-5-13(14)18(22)23/h3-6,11H,7-10H2,1-2H3,(H,16,19)(H,20,21). The van der Waals surface area contributed by atoms with Crippen LogP contribution in [0.15, 0.2) is 24.3 Å². The van der Waals surface area contributed by atoms with E-state index in [9.17, 15) is 19.7 Å². The second kappa shape index (κ2) is 9.46. The number of nitrogens with zero attached hydrogens (tertiary/aromatic N) is 2. The van der Waals surface area contributed by atoms with E-state index in [1.54, 1.807) is 11.0 Å². The van der Waals surface area contributed by atoms with Gasteiger partial charge in [0.2, 0.25) is 5.91 Å². The van der Waals surface area contributed by atoms with E-state index in [0.717, 1.165) is 0 Å². The predicted molar refractivity (Wildman–Crippen MR) is 85.9 cm³/mol. The van der Waals surface area contributed by atoms with Crippen molar-refractivity contribution in [2.24, 2.45) is 0 Å². The smallest absolute Gasteiger partial charge is 0.320 e. The van der Waals surface area contributed by atoms with Crippen molar-refractivity contribution >= 4 is 17.6 Å². The van der Waals surface area contributed by atoms with Gasteiger partial charge in [-0.15, -0.1) is 0 Å². The first-order chi connectivity index (χ1) is 11.3. The van der Waals surface area contributed by atoms with E-state index in [2.05, 4.69) is 5.32 Å². The predicted octanol–water partition coefficient (Wildman–Crippen LogP) is 0.885. The Bertz CT molecular complexity index is 592. The summed E-state index contributed by atoms with van der Waals surface area (Å²) in [5.41, 5.74) is -0.145. The number of nitro groups is 1. The highest BCUT2D eigenvalue weighted by Gasteiger charge is 2.21. The highest BCUT2D eigenvalue weighted by atomic mass is 16.6. The van der Waals surface area contributed by atoms with Gasteiger partial charge in [0.15, 0.2) is 5.75 Å². The average Bonchev–Trinajstić information content (AvgIpc) is 2.52. The molecule has 1 amide bonds. The number of carbonyl (C=O) groups excluding carboxylic acids is 1. The molecule has 9 nitrogen and oxygen atoms in total. The first kappa shape index (κ1) is 19.4. The molecule has 0 aliphatic carbocycles. The van der Waals surface area contributed by atoms with Gasteiger partial charge < -0.3 is 15.2 Å². The molecule has 1 atom stereocenters. The van der Waals surface area contributed by atoms with Crippen molar-refractivity contribution in [2.75, 3.05) is 26.2 Å². The molecule has 0 aliphatic heterocycles. The van der Waals surface area contributed by atoms with E-state index in [1.165, 1.54) is 32.0 Å². The van der Waals surface area contributed by atoms with E-state index in [0.29, 0.717) is 13.1 Å². The van der Waals surface area contributed by atoms with Gasteiger partial charge in [0.1, 0.15) is 12.6 Å². The van der Waals surface area contributed by atoms with Gasteiger partial charge in [0.25, 0.3) is 0 Å². The van der Waals surface area contributed by atoms with Crippen molar-refractivity contribution < 1.29 is 24.4 Å². The molecular weight excluding hydrogens is 318 g/mol. The van der Waals surface area contributed by atoms with Gasteiger partial charge in [-0.05, 0) is 13.0 Å². The Morgan fingerprint density at radius 3 is 2.62 bits per heavy atom. The Morgan fingerprint density at radius 2 is 2.04 bits per heavy atom. The zero-order valence-corrected chi connectivity index (χ0v) is 13.6. The van der Waals surface area contributed by atoms with Gasteiger partial charge in [-0.25, -0.2) is 0 Å². The molecule has 0 aliphatic rings. The number of hydrogen-bond acceptors (Lipinski definition) is 6. The Balaban J connectivity index is 2.62. The van der Waals surface area contributed by atoms with Crippen molar-refractivity contribution in [1.29, 1.82) is 0 Å². The second-order valence-electron chi connectivity index (χ2n) is 5.11. The van der Waals surface area contributed by atoms with Gasteiger partial charge in [-0.3, -0.25) is 24.6 Å². The minimum absolute atomic E-state index is 0.0859. The molecule has 1 aromatic carbocycles. The number of aliphatic carboxylic acids is 1. The van der Waals surface area contributed by atoms with Crippen molar-refractivity contribution in [3.63, 3.8) is 0 Å². The van der Waals surface area contributed by atoms with Gasteiger partial charge in [0.05, 0.1) is 4.92 Å². The number of nitrogens with one attached hydrogen (secondary N) is 1. The average molecular weight is 339 g/mol. The number of nitro benzene ring substituents is 1. The van der Waals surface area contributed by atoms with Crippen LogP contribution in [0.1, 0.15) is 13.8 Å². The van der Waals surface area contributed by atoms with Crippen LogP contribution < -0.4 is 10.1 Å². The maximum Gasteiger partial charge on any atom is 0.320 e. The van der Waals surface area contributed by atoms with Crippen LogP contribution in [-0.4, -0.2) is 59.1 Å². The molecule has 0 heterocycles. The van der Waals surface area contributed by atoms with Gasteiger partial charge >= 0.3 is 11.7 Å². The van der Waals surface area contributed by atoms with Crippen LogP contribution in [0.5, 0.6) is 5.75 Å². The molecule has 1 unspecified atom stereocenters. The number of amides is 1. The van der Waals surface area contributed by atoms with Crippen molar-refractivity contribution in [2.45, 2.75) is 19.9 Å². The first-order valence-electron chi connectivity index (χ1n) is 7.40. The number of benzene rings is 1. The molecule has 0 bridgehead atoms. The van der Waals surface area contributed by atoms with Gasteiger partial charge in [0, 0.05) is 32.6 Å². The van der Waals surface area contributed by atoms with E-state index < -0.39 is 16.9 Å². The van der Waals surface area contributed by atoms with Gasteiger partial charge in [-0.2, -0.15) is 0 Å². The molecular formula is C15H21N3O6. The number of rotatable bonds is 10. The normalized spacial score (nSPS) is 11.8. The molecule has 132 valence electrons. The Hall–Kier alpha value is -2.68. The topological polar surface area (TPSA) is 122 Å². The zero-order valence-electron chi connectivity index (χ0n) is 13.6. The van der Waals surface area contributed by atoms with Crippen LogP contribution >= 0.6 is 0 Å². The monoisotopic (exact) mass is 339 g/mol.